The first-order chi connectivity index (χ1) is 15.2. The Balaban J connectivity index is 1.45. The highest BCUT2D eigenvalue weighted by atomic mass is 16.5. The Morgan fingerprint density at radius 3 is 2.77 bits per heavy atom. The third-order valence-electron chi connectivity index (χ3n) is 6.65. The number of rotatable bonds is 4. The van der Waals surface area contributed by atoms with E-state index in [2.05, 4.69) is 4.98 Å². The first-order valence-corrected chi connectivity index (χ1v) is 10.9. The van der Waals surface area contributed by atoms with Crippen molar-refractivity contribution < 1.29 is 19.1 Å². The van der Waals surface area contributed by atoms with Crippen LogP contribution in [0.5, 0.6) is 0 Å². The lowest BCUT2D eigenvalue weighted by Crippen LogP contribution is -2.60. The molecule has 1 aromatic carbocycles. The van der Waals surface area contributed by atoms with Gasteiger partial charge in [-0.15, -0.1) is 0 Å². The lowest BCUT2D eigenvalue weighted by Gasteiger charge is -2.42. The van der Waals surface area contributed by atoms with E-state index in [0.717, 1.165) is 17.5 Å². The number of pyridine rings is 1. The second kappa shape index (κ2) is 8.40. The summed E-state index contributed by atoms with van der Waals surface area (Å²) in [4.78, 5) is 34.7. The Labute approximate surface area is 182 Å². The van der Waals surface area contributed by atoms with Crippen LogP contribution in [-0.2, 0) is 25.6 Å². The highest BCUT2D eigenvalue weighted by Crippen LogP contribution is 2.43. The maximum atomic E-state index is 13.8. The van der Waals surface area contributed by atoms with E-state index in [1.165, 1.54) is 0 Å². The van der Waals surface area contributed by atoms with Crippen molar-refractivity contribution in [2.24, 2.45) is 5.92 Å². The molecule has 0 bridgehead atoms. The van der Waals surface area contributed by atoms with Gasteiger partial charge in [0.15, 0.2) is 5.60 Å². The molecule has 0 saturated carbocycles. The van der Waals surface area contributed by atoms with Gasteiger partial charge in [0, 0.05) is 44.6 Å². The second-order valence-corrected chi connectivity index (χ2v) is 8.57. The van der Waals surface area contributed by atoms with Gasteiger partial charge in [-0.2, -0.15) is 0 Å². The molecule has 7 nitrogen and oxygen atoms in total. The zero-order chi connectivity index (χ0) is 21.3. The molecule has 3 unspecified atom stereocenters. The summed E-state index contributed by atoms with van der Waals surface area (Å²) in [5.41, 5.74) is 0.978. The van der Waals surface area contributed by atoms with Crippen LogP contribution in [0.25, 0.3) is 0 Å². The molecular weight excluding hydrogens is 394 g/mol. The molecule has 3 aliphatic heterocycles. The molecule has 3 aliphatic rings. The minimum absolute atomic E-state index is 0.0506. The van der Waals surface area contributed by atoms with E-state index in [1.54, 1.807) is 12.4 Å². The average molecular weight is 421 g/mol. The summed E-state index contributed by atoms with van der Waals surface area (Å²) in [6.07, 6.45) is 4.25. The number of carbonyl (C=O) groups is 2. The molecule has 1 spiro atoms. The third kappa shape index (κ3) is 3.72. The molecule has 1 aromatic heterocycles. The number of amides is 2. The van der Waals surface area contributed by atoms with Crippen molar-refractivity contribution in [2.75, 3.05) is 39.5 Å². The number of morpholine rings is 1. The van der Waals surface area contributed by atoms with Gasteiger partial charge in [-0.1, -0.05) is 36.4 Å². The predicted octanol–water partition coefficient (Wildman–Crippen LogP) is 1.84. The number of ether oxygens (including phenoxy) is 2. The number of hydrogen-bond donors (Lipinski definition) is 0. The molecule has 7 heteroatoms. The largest absolute Gasteiger partial charge is 0.381 e. The molecule has 2 amide bonds. The Hall–Kier alpha value is -2.77. The van der Waals surface area contributed by atoms with Crippen molar-refractivity contribution in [3.63, 3.8) is 0 Å². The van der Waals surface area contributed by atoms with E-state index in [1.807, 2.05) is 52.3 Å². The third-order valence-corrected chi connectivity index (χ3v) is 6.65. The molecule has 2 aromatic rings. The standard InChI is InChI=1S/C24H27N3O4/c28-22(20-8-11-30-16-20)26-10-12-31-24(17-26)21(19-6-2-1-3-7-19)15-27(23(24)29)14-18-5-4-9-25-13-18/h1-7,9,13,20-21H,8,10-12,14-17H2. The summed E-state index contributed by atoms with van der Waals surface area (Å²) in [6, 6.07) is 13.9. The molecule has 162 valence electrons. The van der Waals surface area contributed by atoms with Crippen molar-refractivity contribution in [2.45, 2.75) is 24.5 Å². The van der Waals surface area contributed by atoms with E-state index in [0.29, 0.717) is 39.5 Å². The fourth-order valence-corrected chi connectivity index (χ4v) is 5.04. The molecule has 3 atom stereocenters. The molecule has 3 fully saturated rings. The monoisotopic (exact) mass is 421 g/mol. The molecule has 0 N–H and O–H groups in total. The normalized spacial score (nSPS) is 28.5. The first kappa shape index (κ1) is 20.2. The number of nitrogens with zero attached hydrogens (tertiary/aromatic N) is 3. The van der Waals surface area contributed by atoms with Crippen LogP contribution in [0, 0.1) is 5.92 Å². The number of benzene rings is 1. The van der Waals surface area contributed by atoms with Gasteiger partial charge in [0.1, 0.15) is 0 Å². The second-order valence-electron chi connectivity index (χ2n) is 8.57. The molecule has 5 rings (SSSR count). The number of aromatic nitrogens is 1. The van der Waals surface area contributed by atoms with Crippen LogP contribution in [0.2, 0.25) is 0 Å². The number of carbonyl (C=O) groups excluding carboxylic acids is 2. The van der Waals surface area contributed by atoms with Gasteiger partial charge >= 0.3 is 0 Å². The topological polar surface area (TPSA) is 72.0 Å². The SMILES string of the molecule is O=C(C1CCOC1)N1CCOC2(C1)C(=O)N(Cc1cccnc1)CC2c1ccccc1. The van der Waals surface area contributed by atoms with Gasteiger partial charge in [-0.3, -0.25) is 14.6 Å². The highest BCUT2D eigenvalue weighted by Gasteiger charge is 2.58. The van der Waals surface area contributed by atoms with E-state index >= 15 is 0 Å². The van der Waals surface area contributed by atoms with Crippen molar-refractivity contribution in [1.82, 2.24) is 14.8 Å². The summed E-state index contributed by atoms with van der Waals surface area (Å²) in [5, 5.41) is 0. The summed E-state index contributed by atoms with van der Waals surface area (Å²) in [5.74, 6) is -0.238. The Kier molecular flexibility index (Phi) is 5.46. The number of hydrogen-bond acceptors (Lipinski definition) is 5. The molecule has 3 saturated heterocycles. The molecular formula is C24H27N3O4. The fourth-order valence-electron chi connectivity index (χ4n) is 5.04. The van der Waals surface area contributed by atoms with Gasteiger partial charge in [0.2, 0.25) is 5.91 Å². The zero-order valence-corrected chi connectivity index (χ0v) is 17.5. The van der Waals surface area contributed by atoms with Crippen LogP contribution >= 0.6 is 0 Å². The van der Waals surface area contributed by atoms with Crippen LogP contribution in [0.1, 0.15) is 23.5 Å². The smallest absolute Gasteiger partial charge is 0.257 e. The summed E-state index contributed by atoms with van der Waals surface area (Å²) in [6.45, 7) is 3.26. The van der Waals surface area contributed by atoms with E-state index < -0.39 is 5.60 Å². The van der Waals surface area contributed by atoms with Crippen LogP contribution in [0.15, 0.2) is 54.9 Å². The molecule has 0 aliphatic carbocycles. The summed E-state index contributed by atoms with van der Waals surface area (Å²) in [7, 11) is 0. The van der Waals surface area contributed by atoms with Gasteiger partial charge in [-0.05, 0) is 23.6 Å². The number of likely N-dealkylation sites (tertiary alicyclic amines) is 1. The highest BCUT2D eigenvalue weighted by molar-refractivity contribution is 5.91. The van der Waals surface area contributed by atoms with Crippen LogP contribution in [0.3, 0.4) is 0 Å². The predicted molar refractivity (Wildman–Crippen MR) is 113 cm³/mol. The van der Waals surface area contributed by atoms with Crippen LogP contribution in [0.4, 0.5) is 0 Å². The van der Waals surface area contributed by atoms with Gasteiger partial charge in [0.05, 0.1) is 25.7 Å². The van der Waals surface area contributed by atoms with Gasteiger partial charge in [-0.25, -0.2) is 0 Å². The minimum atomic E-state index is -1.06. The Bertz CT molecular complexity index is 932. The van der Waals surface area contributed by atoms with Crippen LogP contribution in [-0.4, -0.2) is 71.7 Å². The maximum Gasteiger partial charge on any atom is 0.257 e. The van der Waals surface area contributed by atoms with Crippen molar-refractivity contribution in [1.29, 1.82) is 0 Å². The van der Waals surface area contributed by atoms with E-state index in [4.69, 9.17) is 9.47 Å². The first-order valence-electron chi connectivity index (χ1n) is 10.9. The van der Waals surface area contributed by atoms with Crippen LogP contribution < -0.4 is 0 Å². The Morgan fingerprint density at radius 2 is 2.03 bits per heavy atom. The lowest BCUT2D eigenvalue weighted by atomic mass is 9.82. The summed E-state index contributed by atoms with van der Waals surface area (Å²) >= 11 is 0. The molecule has 4 heterocycles. The van der Waals surface area contributed by atoms with E-state index in [9.17, 15) is 9.59 Å². The Morgan fingerprint density at radius 1 is 1.16 bits per heavy atom. The molecule has 31 heavy (non-hydrogen) atoms. The van der Waals surface area contributed by atoms with Gasteiger partial charge < -0.3 is 19.3 Å². The van der Waals surface area contributed by atoms with Gasteiger partial charge in [0.25, 0.3) is 5.91 Å². The average Bonchev–Trinajstić information content (AvgIpc) is 3.44. The fraction of sp³-hybridized carbons (Fsp3) is 0.458. The lowest BCUT2D eigenvalue weighted by molar-refractivity contribution is -0.169. The van der Waals surface area contributed by atoms with E-state index in [-0.39, 0.29) is 30.2 Å². The van der Waals surface area contributed by atoms with Crippen molar-refractivity contribution in [3.05, 3.63) is 66.0 Å². The maximum absolute atomic E-state index is 13.8. The molecule has 0 radical (unpaired) electrons. The van der Waals surface area contributed by atoms with Crippen molar-refractivity contribution >= 4 is 11.8 Å². The summed E-state index contributed by atoms with van der Waals surface area (Å²) < 4.78 is 11.7. The quantitative estimate of drug-likeness (QED) is 0.753. The minimum Gasteiger partial charge on any atom is -0.381 e. The van der Waals surface area contributed by atoms with Crippen molar-refractivity contribution in [3.8, 4) is 0 Å². The zero-order valence-electron chi connectivity index (χ0n) is 17.5.